The first-order valence-electron chi connectivity index (χ1n) is 9.56. The number of ketones is 1. The summed E-state index contributed by atoms with van der Waals surface area (Å²) in [5, 5.41) is 2.76. The molecule has 1 saturated heterocycles. The van der Waals surface area contributed by atoms with Crippen LogP contribution in [-0.2, 0) is 16.1 Å². The van der Waals surface area contributed by atoms with Crippen molar-refractivity contribution in [3.05, 3.63) is 53.7 Å². The Labute approximate surface area is 172 Å². The lowest BCUT2D eigenvalue weighted by Crippen LogP contribution is -2.45. The van der Waals surface area contributed by atoms with Crippen LogP contribution in [0.1, 0.15) is 29.0 Å². The number of furan rings is 1. The maximum absolute atomic E-state index is 13.4. The summed E-state index contributed by atoms with van der Waals surface area (Å²) in [6, 6.07) is 6.86. The second-order valence-electron chi connectivity index (χ2n) is 6.87. The van der Waals surface area contributed by atoms with Gasteiger partial charge in [-0.05, 0) is 43.2 Å². The van der Waals surface area contributed by atoms with Gasteiger partial charge in [0.15, 0.2) is 6.61 Å². The summed E-state index contributed by atoms with van der Waals surface area (Å²) in [6.07, 6.45) is 2.41. The Morgan fingerprint density at radius 3 is 2.67 bits per heavy atom. The number of benzene rings is 1. The molecule has 2 aromatic rings. The zero-order chi connectivity index (χ0) is 21.5. The van der Waals surface area contributed by atoms with Crippen LogP contribution in [0.25, 0.3) is 0 Å². The minimum Gasteiger partial charge on any atom is -0.496 e. The highest BCUT2D eigenvalue weighted by atomic mass is 19.1. The largest absolute Gasteiger partial charge is 0.496 e. The molecule has 1 N–H and O–H groups in total. The SMILES string of the molecule is COc1ccc(F)cc1C(=O)COC(=O)C1CCN(C(=O)NCc2ccco2)CC1. The molecule has 0 spiro atoms. The van der Waals surface area contributed by atoms with Crippen molar-refractivity contribution in [1.82, 2.24) is 10.2 Å². The third kappa shape index (κ3) is 5.37. The molecule has 0 aliphatic carbocycles. The first-order chi connectivity index (χ1) is 14.5. The molecule has 160 valence electrons. The molecule has 1 aromatic heterocycles. The second kappa shape index (κ2) is 9.91. The molecule has 1 aromatic carbocycles. The van der Waals surface area contributed by atoms with Gasteiger partial charge in [-0.25, -0.2) is 9.18 Å². The van der Waals surface area contributed by atoms with E-state index in [9.17, 15) is 18.8 Å². The summed E-state index contributed by atoms with van der Waals surface area (Å²) >= 11 is 0. The van der Waals surface area contributed by atoms with E-state index in [0.717, 1.165) is 6.07 Å². The van der Waals surface area contributed by atoms with Gasteiger partial charge in [0.2, 0.25) is 5.78 Å². The number of Topliss-reactive ketones (excluding diaryl/α,β-unsaturated/α-hetero) is 1. The molecule has 3 rings (SSSR count). The summed E-state index contributed by atoms with van der Waals surface area (Å²) in [4.78, 5) is 38.4. The number of ether oxygens (including phenoxy) is 2. The van der Waals surface area contributed by atoms with Gasteiger partial charge in [0.05, 0.1) is 31.4 Å². The van der Waals surface area contributed by atoms with E-state index < -0.39 is 30.1 Å². The highest BCUT2D eigenvalue weighted by molar-refractivity contribution is 6.00. The number of carbonyl (C=O) groups is 3. The van der Waals surface area contributed by atoms with Crippen molar-refractivity contribution >= 4 is 17.8 Å². The number of hydrogen-bond acceptors (Lipinski definition) is 6. The van der Waals surface area contributed by atoms with E-state index in [0.29, 0.717) is 38.2 Å². The van der Waals surface area contributed by atoms with E-state index in [1.807, 2.05) is 0 Å². The predicted molar refractivity (Wildman–Crippen MR) is 103 cm³/mol. The average Bonchev–Trinajstić information content (AvgIpc) is 3.29. The molecule has 0 bridgehead atoms. The van der Waals surface area contributed by atoms with E-state index in [4.69, 9.17) is 13.9 Å². The molecule has 0 unspecified atom stereocenters. The molecule has 30 heavy (non-hydrogen) atoms. The highest BCUT2D eigenvalue weighted by Gasteiger charge is 2.29. The Morgan fingerprint density at radius 1 is 1.23 bits per heavy atom. The van der Waals surface area contributed by atoms with Crippen molar-refractivity contribution < 1.29 is 32.7 Å². The number of carbonyl (C=O) groups excluding carboxylic acids is 3. The van der Waals surface area contributed by atoms with Gasteiger partial charge in [0, 0.05) is 13.1 Å². The number of nitrogens with zero attached hydrogens (tertiary/aromatic N) is 1. The summed E-state index contributed by atoms with van der Waals surface area (Å²) < 4.78 is 28.8. The first-order valence-corrected chi connectivity index (χ1v) is 9.56. The van der Waals surface area contributed by atoms with Crippen LogP contribution in [0.5, 0.6) is 5.75 Å². The van der Waals surface area contributed by atoms with Crippen molar-refractivity contribution in [2.75, 3.05) is 26.8 Å². The molecule has 0 saturated carbocycles. The predicted octanol–water partition coefficient (Wildman–Crippen LogP) is 2.78. The Balaban J connectivity index is 1.43. The van der Waals surface area contributed by atoms with Crippen LogP contribution < -0.4 is 10.1 Å². The molecular weight excluding hydrogens is 395 g/mol. The van der Waals surface area contributed by atoms with E-state index in [2.05, 4.69) is 5.32 Å². The lowest BCUT2D eigenvalue weighted by Gasteiger charge is -2.30. The van der Waals surface area contributed by atoms with Crippen LogP contribution in [0.15, 0.2) is 41.0 Å². The number of urea groups is 1. The van der Waals surface area contributed by atoms with Crippen LogP contribution >= 0.6 is 0 Å². The molecule has 0 atom stereocenters. The third-order valence-electron chi connectivity index (χ3n) is 4.92. The molecule has 9 heteroatoms. The molecular formula is C21H23FN2O6. The summed E-state index contributed by atoms with van der Waals surface area (Å²) in [5.41, 5.74) is 0.0216. The fourth-order valence-electron chi connectivity index (χ4n) is 3.24. The van der Waals surface area contributed by atoms with Gasteiger partial charge in [-0.2, -0.15) is 0 Å². The number of halogens is 1. The number of esters is 1. The average molecular weight is 418 g/mol. The second-order valence-corrected chi connectivity index (χ2v) is 6.87. The van der Waals surface area contributed by atoms with Gasteiger partial charge in [0.1, 0.15) is 17.3 Å². The number of piperidine rings is 1. The molecule has 2 amide bonds. The maximum atomic E-state index is 13.4. The number of likely N-dealkylation sites (tertiary alicyclic amines) is 1. The monoisotopic (exact) mass is 418 g/mol. The van der Waals surface area contributed by atoms with Crippen LogP contribution in [-0.4, -0.2) is 49.5 Å². The van der Waals surface area contributed by atoms with Crippen LogP contribution in [0.3, 0.4) is 0 Å². The molecule has 2 heterocycles. The van der Waals surface area contributed by atoms with E-state index in [1.165, 1.54) is 25.5 Å². The van der Waals surface area contributed by atoms with E-state index in [1.54, 1.807) is 17.0 Å². The fraction of sp³-hybridized carbons (Fsp3) is 0.381. The number of amides is 2. The Kier molecular flexibility index (Phi) is 7.05. The van der Waals surface area contributed by atoms with Gasteiger partial charge in [-0.1, -0.05) is 0 Å². The normalized spacial score (nSPS) is 14.3. The van der Waals surface area contributed by atoms with E-state index >= 15 is 0 Å². The number of rotatable bonds is 7. The standard InChI is InChI=1S/C21H23FN2O6/c1-28-19-5-4-15(22)11-17(19)18(25)13-30-20(26)14-6-8-24(9-7-14)21(27)23-12-16-3-2-10-29-16/h2-5,10-11,14H,6-9,12-13H2,1H3,(H,23,27). The molecule has 1 aliphatic heterocycles. The minimum absolute atomic E-state index is 0.0216. The molecule has 1 fully saturated rings. The van der Waals surface area contributed by atoms with Crippen molar-refractivity contribution in [1.29, 1.82) is 0 Å². The first kappa shape index (κ1) is 21.4. The Bertz CT molecular complexity index is 891. The zero-order valence-corrected chi connectivity index (χ0v) is 16.6. The number of methoxy groups -OCH3 is 1. The summed E-state index contributed by atoms with van der Waals surface area (Å²) in [6.45, 7) is 0.590. The molecule has 0 radical (unpaired) electrons. The van der Waals surface area contributed by atoms with E-state index in [-0.39, 0.29) is 17.3 Å². The minimum atomic E-state index is -0.580. The summed E-state index contributed by atoms with van der Waals surface area (Å²) in [5.74, 6) is -1.17. The smallest absolute Gasteiger partial charge is 0.317 e. The van der Waals surface area contributed by atoms with Crippen molar-refractivity contribution in [3.8, 4) is 5.75 Å². The van der Waals surface area contributed by atoms with Crippen LogP contribution in [0, 0.1) is 11.7 Å². The van der Waals surface area contributed by atoms with Crippen LogP contribution in [0.4, 0.5) is 9.18 Å². The lowest BCUT2D eigenvalue weighted by molar-refractivity contribution is -0.148. The Hall–Kier alpha value is -3.36. The van der Waals surface area contributed by atoms with Crippen molar-refractivity contribution in [2.45, 2.75) is 19.4 Å². The topological polar surface area (TPSA) is 98.1 Å². The maximum Gasteiger partial charge on any atom is 0.317 e. The molecule has 1 aliphatic rings. The van der Waals surface area contributed by atoms with Crippen LogP contribution in [0.2, 0.25) is 0 Å². The van der Waals surface area contributed by atoms with Crippen molar-refractivity contribution in [2.24, 2.45) is 5.92 Å². The number of hydrogen-bond donors (Lipinski definition) is 1. The number of nitrogens with one attached hydrogen (secondary N) is 1. The van der Waals surface area contributed by atoms with Gasteiger partial charge in [0.25, 0.3) is 0 Å². The van der Waals surface area contributed by atoms with Gasteiger partial charge in [-0.15, -0.1) is 0 Å². The highest BCUT2D eigenvalue weighted by Crippen LogP contribution is 2.22. The Morgan fingerprint density at radius 2 is 2.00 bits per heavy atom. The third-order valence-corrected chi connectivity index (χ3v) is 4.92. The van der Waals surface area contributed by atoms with Gasteiger partial charge < -0.3 is 24.1 Å². The lowest BCUT2D eigenvalue weighted by atomic mass is 9.97. The quantitative estimate of drug-likeness (QED) is 0.549. The van der Waals surface area contributed by atoms with Gasteiger partial charge >= 0.3 is 12.0 Å². The van der Waals surface area contributed by atoms with Crippen molar-refractivity contribution in [3.63, 3.8) is 0 Å². The molecule has 8 nitrogen and oxygen atoms in total. The summed E-state index contributed by atoms with van der Waals surface area (Å²) in [7, 11) is 1.37. The fourth-order valence-corrected chi connectivity index (χ4v) is 3.24. The van der Waals surface area contributed by atoms with Gasteiger partial charge in [-0.3, -0.25) is 9.59 Å². The zero-order valence-electron chi connectivity index (χ0n) is 16.6.